The molecule has 1 N–H and O–H groups in total. The van der Waals surface area contributed by atoms with Crippen molar-refractivity contribution in [2.24, 2.45) is 5.16 Å². The van der Waals surface area contributed by atoms with Crippen LogP contribution in [0.3, 0.4) is 0 Å². The van der Waals surface area contributed by atoms with Crippen LogP contribution in [0.5, 0.6) is 5.75 Å². The minimum atomic E-state index is -2.94. The van der Waals surface area contributed by atoms with Gasteiger partial charge in [-0.3, -0.25) is 0 Å². The van der Waals surface area contributed by atoms with Crippen molar-refractivity contribution in [3.63, 3.8) is 0 Å². The normalized spacial score (nSPS) is 16.7. The highest BCUT2D eigenvalue weighted by atomic mass is 32.2. The standard InChI is InChI=1S/C15H21NO4S/c1-2-21(18,19)11-5-10-20-15-9-4-6-12-13(15)7-3-8-14(12)16-17/h4,6,9,17H,2-3,5,7-8,10-11H2,1H3. The van der Waals surface area contributed by atoms with Crippen molar-refractivity contribution >= 4 is 15.5 Å². The van der Waals surface area contributed by atoms with E-state index in [-0.39, 0.29) is 11.5 Å². The fourth-order valence-corrected chi connectivity index (χ4v) is 3.35. The summed E-state index contributed by atoms with van der Waals surface area (Å²) >= 11 is 0. The smallest absolute Gasteiger partial charge is 0.150 e. The molecule has 5 nitrogen and oxygen atoms in total. The van der Waals surface area contributed by atoms with E-state index in [2.05, 4.69) is 5.16 Å². The van der Waals surface area contributed by atoms with Crippen molar-refractivity contribution in [3.8, 4) is 5.75 Å². The highest BCUT2D eigenvalue weighted by molar-refractivity contribution is 7.91. The van der Waals surface area contributed by atoms with Gasteiger partial charge in [-0.25, -0.2) is 8.42 Å². The van der Waals surface area contributed by atoms with E-state index in [0.717, 1.165) is 36.1 Å². The molecule has 0 radical (unpaired) electrons. The van der Waals surface area contributed by atoms with Gasteiger partial charge in [0.1, 0.15) is 15.6 Å². The van der Waals surface area contributed by atoms with Crippen molar-refractivity contribution in [1.82, 2.24) is 0 Å². The second kappa shape index (κ2) is 6.93. The summed E-state index contributed by atoms with van der Waals surface area (Å²) in [4.78, 5) is 0. The summed E-state index contributed by atoms with van der Waals surface area (Å²) in [5, 5.41) is 12.4. The number of ether oxygens (including phenoxy) is 1. The number of benzene rings is 1. The van der Waals surface area contributed by atoms with E-state index in [1.165, 1.54) is 0 Å². The third kappa shape index (κ3) is 3.97. The number of sulfone groups is 1. The van der Waals surface area contributed by atoms with E-state index in [1.807, 2.05) is 18.2 Å². The van der Waals surface area contributed by atoms with Gasteiger partial charge >= 0.3 is 0 Å². The number of fused-ring (bicyclic) bond motifs is 1. The SMILES string of the molecule is CCS(=O)(=O)CCCOc1cccc2c1CCCC2=NO. The second-order valence-corrected chi connectivity index (χ2v) is 7.59. The molecule has 0 fully saturated rings. The molecule has 6 heteroatoms. The van der Waals surface area contributed by atoms with E-state index in [9.17, 15) is 8.42 Å². The van der Waals surface area contributed by atoms with Crippen LogP contribution < -0.4 is 4.74 Å². The quantitative estimate of drug-likeness (QED) is 0.497. The lowest BCUT2D eigenvalue weighted by atomic mass is 9.89. The zero-order valence-electron chi connectivity index (χ0n) is 12.2. The van der Waals surface area contributed by atoms with Crippen molar-refractivity contribution in [3.05, 3.63) is 29.3 Å². The molecule has 0 spiro atoms. The van der Waals surface area contributed by atoms with Gasteiger partial charge in [0.05, 0.1) is 18.1 Å². The van der Waals surface area contributed by atoms with Gasteiger partial charge in [0, 0.05) is 16.9 Å². The van der Waals surface area contributed by atoms with Crippen molar-refractivity contribution in [2.45, 2.75) is 32.6 Å². The molecule has 0 aromatic heterocycles. The van der Waals surface area contributed by atoms with Crippen LogP contribution in [0, 0.1) is 0 Å². The van der Waals surface area contributed by atoms with Crippen molar-refractivity contribution in [2.75, 3.05) is 18.1 Å². The van der Waals surface area contributed by atoms with Crippen LogP contribution in [-0.4, -0.2) is 37.4 Å². The maximum absolute atomic E-state index is 11.4. The largest absolute Gasteiger partial charge is 0.493 e. The minimum absolute atomic E-state index is 0.155. The molecule has 1 aromatic rings. The Kier molecular flexibility index (Phi) is 5.22. The molecule has 0 saturated heterocycles. The van der Waals surface area contributed by atoms with E-state index in [0.29, 0.717) is 18.7 Å². The summed E-state index contributed by atoms with van der Waals surface area (Å²) in [6.45, 7) is 2.03. The van der Waals surface area contributed by atoms with Crippen LogP contribution >= 0.6 is 0 Å². The molecule has 21 heavy (non-hydrogen) atoms. The molecule has 0 bridgehead atoms. The number of hydrogen-bond acceptors (Lipinski definition) is 5. The number of oxime groups is 1. The van der Waals surface area contributed by atoms with E-state index in [1.54, 1.807) is 6.92 Å². The lowest BCUT2D eigenvalue weighted by Crippen LogP contribution is -2.15. The predicted molar refractivity (Wildman–Crippen MR) is 82.1 cm³/mol. The fourth-order valence-electron chi connectivity index (χ4n) is 2.51. The third-order valence-corrected chi connectivity index (χ3v) is 5.49. The van der Waals surface area contributed by atoms with Crippen LogP contribution in [0.1, 0.15) is 37.3 Å². The Bertz CT molecular complexity index is 623. The summed E-state index contributed by atoms with van der Waals surface area (Å²) in [6.07, 6.45) is 3.07. The van der Waals surface area contributed by atoms with Gasteiger partial charge < -0.3 is 9.94 Å². The molecule has 0 amide bonds. The van der Waals surface area contributed by atoms with Crippen LogP contribution in [0.15, 0.2) is 23.4 Å². The number of rotatable bonds is 6. The molecule has 1 aliphatic carbocycles. The molecule has 0 unspecified atom stereocenters. The monoisotopic (exact) mass is 311 g/mol. The Hall–Kier alpha value is -1.56. The maximum atomic E-state index is 11.4. The van der Waals surface area contributed by atoms with Gasteiger partial charge in [0.25, 0.3) is 0 Å². The Labute approximate surface area is 125 Å². The van der Waals surface area contributed by atoms with E-state index in [4.69, 9.17) is 9.94 Å². The Balaban J connectivity index is 2.02. The Morgan fingerprint density at radius 3 is 2.86 bits per heavy atom. The summed E-state index contributed by atoms with van der Waals surface area (Å²) in [5.74, 6) is 1.09. The number of hydrogen-bond donors (Lipinski definition) is 1. The first kappa shape index (κ1) is 15.8. The van der Waals surface area contributed by atoms with Crippen LogP contribution in [-0.2, 0) is 16.3 Å². The summed E-state index contributed by atoms with van der Waals surface area (Å²) in [5.41, 5.74) is 2.67. The topological polar surface area (TPSA) is 76.0 Å². The molecule has 0 aliphatic heterocycles. The molecule has 1 aromatic carbocycles. The zero-order valence-corrected chi connectivity index (χ0v) is 13.0. The average Bonchev–Trinajstić information content (AvgIpc) is 2.51. The van der Waals surface area contributed by atoms with Gasteiger partial charge in [-0.15, -0.1) is 0 Å². The molecular weight excluding hydrogens is 290 g/mol. The minimum Gasteiger partial charge on any atom is -0.493 e. The number of nitrogens with zero attached hydrogens (tertiary/aromatic N) is 1. The van der Waals surface area contributed by atoms with Gasteiger partial charge in [-0.2, -0.15) is 0 Å². The predicted octanol–water partition coefficient (Wildman–Crippen LogP) is 2.40. The first-order valence-electron chi connectivity index (χ1n) is 7.24. The lowest BCUT2D eigenvalue weighted by Gasteiger charge is -2.20. The Morgan fingerprint density at radius 2 is 2.14 bits per heavy atom. The molecule has 116 valence electrons. The zero-order chi connectivity index (χ0) is 15.3. The van der Waals surface area contributed by atoms with Crippen LogP contribution in [0.25, 0.3) is 0 Å². The first-order chi connectivity index (χ1) is 10.1. The van der Waals surface area contributed by atoms with Crippen LogP contribution in [0.4, 0.5) is 0 Å². The third-order valence-electron chi connectivity index (χ3n) is 3.70. The summed E-state index contributed by atoms with van der Waals surface area (Å²) in [7, 11) is -2.94. The highest BCUT2D eigenvalue weighted by Crippen LogP contribution is 2.30. The van der Waals surface area contributed by atoms with Gasteiger partial charge in [-0.05, 0) is 31.7 Å². The van der Waals surface area contributed by atoms with Gasteiger partial charge in [0.15, 0.2) is 0 Å². The van der Waals surface area contributed by atoms with Crippen molar-refractivity contribution in [1.29, 1.82) is 0 Å². The highest BCUT2D eigenvalue weighted by Gasteiger charge is 2.19. The lowest BCUT2D eigenvalue weighted by molar-refractivity contribution is 0.311. The molecule has 0 saturated carbocycles. The molecule has 2 rings (SSSR count). The van der Waals surface area contributed by atoms with Gasteiger partial charge in [0.2, 0.25) is 0 Å². The van der Waals surface area contributed by atoms with E-state index < -0.39 is 9.84 Å². The average molecular weight is 311 g/mol. The summed E-state index contributed by atoms with van der Waals surface area (Å²) < 4.78 is 28.6. The molecular formula is C15H21NO4S. The Morgan fingerprint density at radius 1 is 1.33 bits per heavy atom. The van der Waals surface area contributed by atoms with Crippen molar-refractivity contribution < 1.29 is 18.4 Å². The van der Waals surface area contributed by atoms with E-state index >= 15 is 0 Å². The maximum Gasteiger partial charge on any atom is 0.150 e. The second-order valence-electron chi connectivity index (χ2n) is 5.12. The van der Waals surface area contributed by atoms with Crippen LogP contribution in [0.2, 0.25) is 0 Å². The molecule has 1 aliphatic rings. The summed E-state index contributed by atoms with van der Waals surface area (Å²) in [6, 6.07) is 5.68. The van der Waals surface area contributed by atoms with Gasteiger partial charge in [-0.1, -0.05) is 24.2 Å². The fraction of sp³-hybridized carbons (Fsp3) is 0.533. The molecule has 0 atom stereocenters. The first-order valence-corrected chi connectivity index (χ1v) is 9.06. The molecule has 0 heterocycles.